The fraction of sp³-hybridized carbons (Fsp3) is 0.889. The Bertz CT molecular complexity index is 337. The fourth-order valence-electron chi connectivity index (χ4n) is 1.42. The molecule has 1 heterocycles. The van der Waals surface area contributed by atoms with Crippen LogP contribution < -0.4 is 4.72 Å². The zero-order valence-electron chi connectivity index (χ0n) is 9.35. The van der Waals surface area contributed by atoms with Crippen LogP contribution in [0.25, 0.3) is 0 Å². The summed E-state index contributed by atoms with van der Waals surface area (Å²) in [4.78, 5) is 10.9. The van der Waals surface area contributed by atoms with E-state index >= 15 is 0 Å². The van der Waals surface area contributed by atoms with Crippen molar-refractivity contribution < 1.29 is 18.3 Å². The molecule has 0 saturated carbocycles. The third kappa shape index (κ3) is 3.43. The van der Waals surface area contributed by atoms with E-state index in [4.69, 9.17) is 5.11 Å². The van der Waals surface area contributed by atoms with E-state index in [1.54, 1.807) is 0 Å². The van der Waals surface area contributed by atoms with Crippen molar-refractivity contribution in [3.63, 3.8) is 0 Å². The van der Waals surface area contributed by atoms with E-state index in [-0.39, 0.29) is 0 Å². The summed E-state index contributed by atoms with van der Waals surface area (Å²) in [6.07, 6.45) is 2.71. The number of aliphatic carboxylic acids is 1. The van der Waals surface area contributed by atoms with Crippen LogP contribution in [-0.4, -0.2) is 42.9 Å². The normalized spacial score (nSPS) is 19.1. The lowest BCUT2D eigenvalue weighted by Crippen LogP contribution is -2.52. The first-order valence-corrected chi connectivity index (χ1v) is 6.91. The largest absolute Gasteiger partial charge is 0.480 e. The number of nitrogens with zero attached hydrogens (tertiary/aromatic N) is 1. The molecule has 0 bridgehead atoms. The maximum atomic E-state index is 11.6. The van der Waals surface area contributed by atoms with E-state index in [0.29, 0.717) is 25.9 Å². The average molecular weight is 250 g/mol. The number of hydrogen-bond acceptors (Lipinski definition) is 3. The third-order valence-electron chi connectivity index (χ3n) is 2.59. The van der Waals surface area contributed by atoms with Crippen molar-refractivity contribution >= 4 is 16.2 Å². The van der Waals surface area contributed by atoms with Gasteiger partial charge in [0.2, 0.25) is 0 Å². The molecule has 6 nitrogen and oxygen atoms in total. The van der Waals surface area contributed by atoms with Gasteiger partial charge in [0.15, 0.2) is 0 Å². The summed E-state index contributed by atoms with van der Waals surface area (Å²) in [6, 6.07) is -1.01. The quantitative estimate of drug-likeness (QED) is 0.674. The second-order valence-electron chi connectivity index (χ2n) is 3.91. The Morgan fingerprint density at radius 2 is 2.12 bits per heavy atom. The summed E-state index contributed by atoms with van der Waals surface area (Å²) in [5.41, 5.74) is 0. The second-order valence-corrected chi connectivity index (χ2v) is 5.61. The monoisotopic (exact) mass is 250 g/mol. The Morgan fingerprint density at radius 1 is 1.50 bits per heavy atom. The van der Waals surface area contributed by atoms with Crippen molar-refractivity contribution in [3.05, 3.63) is 0 Å². The second kappa shape index (κ2) is 5.60. The molecule has 0 aromatic carbocycles. The number of rotatable bonds is 7. The molecule has 1 aliphatic rings. The molecule has 16 heavy (non-hydrogen) atoms. The van der Waals surface area contributed by atoms with Crippen LogP contribution in [0.4, 0.5) is 0 Å². The van der Waals surface area contributed by atoms with Crippen molar-refractivity contribution in [1.82, 2.24) is 9.03 Å². The first-order valence-electron chi connectivity index (χ1n) is 5.47. The molecule has 0 aromatic heterocycles. The Labute approximate surface area is 95.8 Å². The van der Waals surface area contributed by atoms with E-state index in [2.05, 4.69) is 4.72 Å². The lowest BCUT2D eigenvalue weighted by molar-refractivity contribution is -0.139. The number of nitrogens with one attached hydrogen (secondary N) is 1. The molecule has 0 aromatic rings. The summed E-state index contributed by atoms with van der Waals surface area (Å²) < 4.78 is 26.8. The molecular weight excluding hydrogens is 232 g/mol. The molecule has 94 valence electrons. The molecule has 0 unspecified atom stereocenters. The van der Waals surface area contributed by atoms with Crippen molar-refractivity contribution in [1.29, 1.82) is 0 Å². The minimum Gasteiger partial charge on any atom is -0.480 e. The van der Waals surface area contributed by atoms with Gasteiger partial charge in [0, 0.05) is 13.1 Å². The summed E-state index contributed by atoms with van der Waals surface area (Å²) in [5.74, 6) is -1.11. The Balaban J connectivity index is 2.56. The van der Waals surface area contributed by atoms with Gasteiger partial charge in [-0.05, 0) is 12.8 Å². The van der Waals surface area contributed by atoms with E-state index in [1.807, 2.05) is 6.92 Å². The minimum absolute atomic E-state index is 0.332. The van der Waals surface area contributed by atoms with Crippen LogP contribution in [0.3, 0.4) is 0 Å². The SMILES string of the molecule is CCCC[C@H](NS(=O)(=O)N1CCC1)C(=O)O. The van der Waals surface area contributed by atoms with Gasteiger partial charge in [-0.1, -0.05) is 19.8 Å². The van der Waals surface area contributed by atoms with Gasteiger partial charge in [-0.3, -0.25) is 4.79 Å². The molecule has 1 fully saturated rings. The number of carboxylic acid groups (broad SMARTS) is 1. The third-order valence-corrected chi connectivity index (χ3v) is 4.22. The van der Waals surface area contributed by atoms with Crippen LogP contribution in [0.5, 0.6) is 0 Å². The highest BCUT2D eigenvalue weighted by atomic mass is 32.2. The van der Waals surface area contributed by atoms with E-state index in [0.717, 1.165) is 12.8 Å². The van der Waals surface area contributed by atoms with Crippen molar-refractivity contribution in [2.75, 3.05) is 13.1 Å². The van der Waals surface area contributed by atoms with Crippen LogP contribution in [0, 0.1) is 0 Å². The number of unbranched alkanes of at least 4 members (excludes halogenated alkanes) is 1. The predicted octanol–water partition coefficient (Wildman–Crippen LogP) is 0.170. The van der Waals surface area contributed by atoms with Gasteiger partial charge in [0.1, 0.15) is 6.04 Å². The first kappa shape index (κ1) is 13.4. The smallest absolute Gasteiger partial charge is 0.321 e. The summed E-state index contributed by atoms with van der Waals surface area (Å²) in [5, 5.41) is 8.89. The van der Waals surface area contributed by atoms with Gasteiger partial charge in [-0.2, -0.15) is 17.4 Å². The van der Waals surface area contributed by atoms with Crippen LogP contribution in [0.2, 0.25) is 0 Å². The summed E-state index contributed by atoms with van der Waals surface area (Å²) >= 11 is 0. The van der Waals surface area contributed by atoms with Gasteiger partial charge < -0.3 is 5.11 Å². The molecule has 0 spiro atoms. The highest BCUT2D eigenvalue weighted by Crippen LogP contribution is 2.12. The topological polar surface area (TPSA) is 86.7 Å². The summed E-state index contributed by atoms with van der Waals surface area (Å²) in [7, 11) is -3.60. The van der Waals surface area contributed by atoms with E-state index in [1.165, 1.54) is 4.31 Å². The maximum Gasteiger partial charge on any atom is 0.321 e. The zero-order chi connectivity index (χ0) is 12.2. The highest BCUT2D eigenvalue weighted by Gasteiger charge is 2.31. The van der Waals surface area contributed by atoms with Crippen molar-refractivity contribution in [3.8, 4) is 0 Å². The van der Waals surface area contributed by atoms with Gasteiger partial charge in [0.25, 0.3) is 10.2 Å². The molecule has 7 heteroatoms. The molecular formula is C9H18N2O4S. The van der Waals surface area contributed by atoms with Crippen molar-refractivity contribution in [2.45, 2.75) is 38.6 Å². The molecule has 1 rings (SSSR count). The molecule has 2 N–H and O–H groups in total. The Morgan fingerprint density at radius 3 is 2.50 bits per heavy atom. The highest BCUT2D eigenvalue weighted by molar-refractivity contribution is 7.87. The van der Waals surface area contributed by atoms with Crippen molar-refractivity contribution in [2.24, 2.45) is 0 Å². The fourth-order valence-corrected chi connectivity index (χ4v) is 2.89. The molecule has 0 radical (unpaired) electrons. The lowest BCUT2D eigenvalue weighted by atomic mass is 10.1. The molecule has 0 amide bonds. The van der Waals surface area contributed by atoms with Gasteiger partial charge >= 0.3 is 5.97 Å². The van der Waals surface area contributed by atoms with E-state index < -0.39 is 22.2 Å². The molecule has 1 aliphatic heterocycles. The zero-order valence-corrected chi connectivity index (χ0v) is 10.2. The minimum atomic E-state index is -3.60. The lowest BCUT2D eigenvalue weighted by Gasteiger charge is -2.30. The number of carbonyl (C=O) groups is 1. The van der Waals surface area contributed by atoms with Gasteiger partial charge in [-0.25, -0.2) is 0 Å². The average Bonchev–Trinajstić information content (AvgIpc) is 2.07. The van der Waals surface area contributed by atoms with Crippen LogP contribution in [-0.2, 0) is 15.0 Å². The van der Waals surface area contributed by atoms with E-state index in [9.17, 15) is 13.2 Å². The molecule has 0 aliphatic carbocycles. The van der Waals surface area contributed by atoms with Crippen LogP contribution in [0.1, 0.15) is 32.6 Å². The standard InChI is InChI=1S/C9H18N2O4S/c1-2-3-5-8(9(12)13)10-16(14,15)11-6-4-7-11/h8,10H,2-7H2,1H3,(H,12,13)/t8-/m0/s1. The van der Waals surface area contributed by atoms with Crippen LogP contribution >= 0.6 is 0 Å². The maximum absolute atomic E-state index is 11.6. The van der Waals surface area contributed by atoms with Gasteiger partial charge in [-0.15, -0.1) is 0 Å². The van der Waals surface area contributed by atoms with Gasteiger partial charge in [0.05, 0.1) is 0 Å². The summed E-state index contributed by atoms with van der Waals surface area (Å²) in [6.45, 7) is 2.90. The number of carboxylic acids is 1. The predicted molar refractivity (Wildman–Crippen MR) is 59.2 cm³/mol. The Kier molecular flexibility index (Phi) is 4.69. The first-order chi connectivity index (χ1) is 7.47. The van der Waals surface area contributed by atoms with Crippen LogP contribution in [0.15, 0.2) is 0 Å². The molecule has 1 atom stereocenters. The molecule has 1 saturated heterocycles. The Hall–Kier alpha value is -0.660. The number of hydrogen-bond donors (Lipinski definition) is 2.